The summed E-state index contributed by atoms with van der Waals surface area (Å²) in [7, 11) is 1.85. The van der Waals surface area contributed by atoms with Crippen molar-refractivity contribution in [3.8, 4) is 0 Å². The minimum absolute atomic E-state index is 0.0742. The van der Waals surface area contributed by atoms with Crippen LogP contribution in [-0.4, -0.2) is 69.4 Å². The van der Waals surface area contributed by atoms with Gasteiger partial charge in [0.05, 0.1) is 12.5 Å². The lowest BCUT2D eigenvalue weighted by atomic mass is 9.95. The molecule has 1 aromatic rings. The molecule has 0 unspecified atom stereocenters. The standard InChI is InChI=1S/C18H27N5O4/c1-3-22-15(25)10-13(16(22)17-20-6-7-21(17)2)18(26)23(11-14(19)24)12-4-8-27-9-5-12/h6-7,12-13,16H,3-5,8-11H2,1-2H3,(H2,19,24)/t13-,16-/m0/s1. The van der Waals surface area contributed by atoms with Gasteiger partial charge in [-0.3, -0.25) is 14.4 Å². The van der Waals surface area contributed by atoms with E-state index in [-0.39, 0.29) is 30.8 Å². The van der Waals surface area contributed by atoms with E-state index in [2.05, 4.69) is 4.98 Å². The Morgan fingerprint density at radius 1 is 1.37 bits per heavy atom. The van der Waals surface area contributed by atoms with Gasteiger partial charge >= 0.3 is 0 Å². The molecule has 0 radical (unpaired) electrons. The summed E-state index contributed by atoms with van der Waals surface area (Å²) in [6.45, 7) is 3.32. The molecule has 3 amide bonds. The molecule has 2 N–H and O–H groups in total. The van der Waals surface area contributed by atoms with Gasteiger partial charge in [0, 0.05) is 51.7 Å². The second-order valence-electron chi connectivity index (χ2n) is 7.11. The maximum absolute atomic E-state index is 13.5. The molecule has 2 atom stereocenters. The van der Waals surface area contributed by atoms with Gasteiger partial charge < -0.3 is 24.8 Å². The maximum atomic E-state index is 13.5. The third-order valence-corrected chi connectivity index (χ3v) is 5.45. The molecular formula is C18H27N5O4. The molecule has 9 heteroatoms. The highest BCUT2D eigenvalue weighted by molar-refractivity contribution is 5.92. The Morgan fingerprint density at radius 2 is 2.07 bits per heavy atom. The molecule has 27 heavy (non-hydrogen) atoms. The van der Waals surface area contributed by atoms with Crippen LogP contribution in [0.1, 0.15) is 38.1 Å². The van der Waals surface area contributed by atoms with E-state index < -0.39 is 17.9 Å². The first-order chi connectivity index (χ1) is 12.9. The largest absolute Gasteiger partial charge is 0.381 e. The second-order valence-corrected chi connectivity index (χ2v) is 7.11. The Hall–Kier alpha value is -2.42. The highest BCUT2D eigenvalue weighted by Gasteiger charge is 2.48. The SMILES string of the molecule is CCN1C(=O)C[C@H](C(=O)N(CC(N)=O)C2CCOCC2)[C@H]1c1nccn1C. The smallest absolute Gasteiger partial charge is 0.237 e. The van der Waals surface area contributed by atoms with E-state index in [0.29, 0.717) is 38.4 Å². The van der Waals surface area contributed by atoms with Gasteiger partial charge in [0.2, 0.25) is 17.7 Å². The van der Waals surface area contributed by atoms with E-state index in [4.69, 9.17) is 10.5 Å². The second kappa shape index (κ2) is 8.08. The topological polar surface area (TPSA) is 111 Å². The van der Waals surface area contributed by atoms with Crippen LogP contribution in [0.2, 0.25) is 0 Å². The third-order valence-electron chi connectivity index (χ3n) is 5.45. The molecule has 0 spiro atoms. The first-order valence-electron chi connectivity index (χ1n) is 9.37. The zero-order valence-electron chi connectivity index (χ0n) is 15.8. The van der Waals surface area contributed by atoms with Crippen molar-refractivity contribution in [3.05, 3.63) is 18.2 Å². The van der Waals surface area contributed by atoms with Crippen LogP contribution in [0.4, 0.5) is 0 Å². The summed E-state index contributed by atoms with van der Waals surface area (Å²) < 4.78 is 7.21. The number of carbonyl (C=O) groups is 3. The van der Waals surface area contributed by atoms with E-state index in [1.807, 2.05) is 18.5 Å². The van der Waals surface area contributed by atoms with E-state index in [0.717, 1.165) is 0 Å². The van der Waals surface area contributed by atoms with Crippen LogP contribution in [0.15, 0.2) is 12.4 Å². The van der Waals surface area contributed by atoms with Crippen molar-refractivity contribution in [3.63, 3.8) is 0 Å². The molecule has 0 aromatic carbocycles. The molecule has 0 saturated carbocycles. The van der Waals surface area contributed by atoms with Crippen LogP contribution in [-0.2, 0) is 26.2 Å². The Morgan fingerprint density at radius 3 is 2.63 bits per heavy atom. The summed E-state index contributed by atoms with van der Waals surface area (Å²) in [5, 5.41) is 0. The minimum Gasteiger partial charge on any atom is -0.381 e. The first kappa shape index (κ1) is 19.3. The summed E-state index contributed by atoms with van der Waals surface area (Å²) >= 11 is 0. The van der Waals surface area contributed by atoms with Crippen molar-refractivity contribution in [2.24, 2.45) is 18.7 Å². The zero-order valence-corrected chi connectivity index (χ0v) is 15.8. The lowest BCUT2D eigenvalue weighted by Gasteiger charge is -2.36. The number of primary amides is 1. The number of aromatic nitrogens is 2. The zero-order chi connectivity index (χ0) is 19.6. The maximum Gasteiger partial charge on any atom is 0.237 e. The van der Waals surface area contributed by atoms with Gasteiger partial charge in [-0.1, -0.05) is 0 Å². The van der Waals surface area contributed by atoms with Gasteiger partial charge in [-0.2, -0.15) is 0 Å². The molecule has 3 rings (SSSR count). The number of aryl methyl sites for hydroxylation is 1. The van der Waals surface area contributed by atoms with Crippen molar-refractivity contribution in [1.29, 1.82) is 0 Å². The predicted molar refractivity (Wildman–Crippen MR) is 96.2 cm³/mol. The molecule has 0 bridgehead atoms. The van der Waals surface area contributed by atoms with Crippen molar-refractivity contribution in [2.75, 3.05) is 26.3 Å². The number of likely N-dealkylation sites (tertiary alicyclic amines) is 1. The molecule has 9 nitrogen and oxygen atoms in total. The number of amides is 3. The molecule has 148 valence electrons. The predicted octanol–water partition coefficient (Wildman–Crippen LogP) is -0.177. The average Bonchev–Trinajstić information content (AvgIpc) is 3.21. The van der Waals surface area contributed by atoms with E-state index in [9.17, 15) is 14.4 Å². The van der Waals surface area contributed by atoms with Crippen molar-refractivity contribution < 1.29 is 19.1 Å². The number of rotatable bonds is 6. The molecule has 0 aliphatic carbocycles. The molecule has 2 aliphatic rings. The van der Waals surface area contributed by atoms with Crippen LogP contribution in [0.3, 0.4) is 0 Å². The third kappa shape index (κ3) is 3.83. The van der Waals surface area contributed by atoms with E-state index in [1.165, 1.54) is 0 Å². The fourth-order valence-corrected chi connectivity index (χ4v) is 4.13. The number of carbonyl (C=O) groups excluding carboxylic acids is 3. The van der Waals surface area contributed by atoms with Gasteiger partial charge in [0.25, 0.3) is 0 Å². The fourth-order valence-electron chi connectivity index (χ4n) is 4.13. The number of nitrogens with zero attached hydrogens (tertiary/aromatic N) is 4. The number of nitrogens with two attached hydrogens (primary N) is 1. The highest BCUT2D eigenvalue weighted by Crippen LogP contribution is 2.38. The normalized spacial score (nSPS) is 23.6. The van der Waals surface area contributed by atoms with E-state index >= 15 is 0 Å². The Bertz CT molecular complexity index is 712. The number of hydrogen-bond donors (Lipinski definition) is 1. The van der Waals surface area contributed by atoms with Crippen LogP contribution >= 0.6 is 0 Å². The van der Waals surface area contributed by atoms with Crippen LogP contribution in [0.25, 0.3) is 0 Å². The van der Waals surface area contributed by atoms with Crippen LogP contribution in [0, 0.1) is 5.92 Å². The Labute approximate surface area is 158 Å². The summed E-state index contributed by atoms with van der Waals surface area (Å²) in [5.41, 5.74) is 5.41. The van der Waals surface area contributed by atoms with Gasteiger partial charge in [-0.15, -0.1) is 0 Å². The molecular weight excluding hydrogens is 350 g/mol. The number of imidazole rings is 1. The van der Waals surface area contributed by atoms with Crippen molar-refractivity contribution >= 4 is 17.7 Å². The Kier molecular flexibility index (Phi) is 5.79. The monoisotopic (exact) mass is 377 g/mol. The molecule has 2 saturated heterocycles. The fraction of sp³-hybridized carbons (Fsp3) is 0.667. The van der Waals surface area contributed by atoms with E-state index in [1.54, 1.807) is 22.2 Å². The molecule has 1 aromatic heterocycles. The van der Waals surface area contributed by atoms with Gasteiger partial charge in [-0.05, 0) is 19.8 Å². The van der Waals surface area contributed by atoms with Gasteiger partial charge in [0.15, 0.2) is 0 Å². The van der Waals surface area contributed by atoms with Crippen LogP contribution < -0.4 is 5.73 Å². The molecule has 2 fully saturated rings. The van der Waals surface area contributed by atoms with Crippen LogP contribution in [0.5, 0.6) is 0 Å². The summed E-state index contributed by atoms with van der Waals surface area (Å²) in [6.07, 6.45) is 4.89. The first-order valence-corrected chi connectivity index (χ1v) is 9.37. The minimum atomic E-state index is -0.583. The number of ether oxygens (including phenoxy) is 1. The highest BCUT2D eigenvalue weighted by atomic mass is 16.5. The van der Waals surface area contributed by atoms with Crippen molar-refractivity contribution in [2.45, 2.75) is 38.3 Å². The summed E-state index contributed by atoms with van der Waals surface area (Å²) in [5.74, 6) is -0.749. The quantitative estimate of drug-likeness (QED) is 0.739. The lowest BCUT2D eigenvalue weighted by Crippen LogP contribution is -2.50. The number of hydrogen-bond acceptors (Lipinski definition) is 5. The van der Waals surface area contributed by atoms with Gasteiger partial charge in [-0.25, -0.2) is 4.98 Å². The Balaban J connectivity index is 1.92. The van der Waals surface area contributed by atoms with Crippen molar-refractivity contribution in [1.82, 2.24) is 19.4 Å². The van der Waals surface area contributed by atoms with Gasteiger partial charge in [0.1, 0.15) is 11.9 Å². The average molecular weight is 377 g/mol. The lowest BCUT2D eigenvalue weighted by molar-refractivity contribution is -0.144. The molecule has 3 heterocycles. The summed E-state index contributed by atoms with van der Waals surface area (Å²) in [4.78, 5) is 45.3. The molecule has 2 aliphatic heterocycles. The summed E-state index contributed by atoms with van der Waals surface area (Å²) in [6, 6.07) is -0.545.